The Labute approximate surface area is 113 Å². The highest BCUT2D eigenvalue weighted by molar-refractivity contribution is 5.79. The van der Waals surface area contributed by atoms with Crippen molar-refractivity contribution in [3.63, 3.8) is 0 Å². The molecular weight excluding hydrogens is 246 g/mol. The molecule has 0 unspecified atom stereocenters. The summed E-state index contributed by atoms with van der Waals surface area (Å²) in [6.45, 7) is 1.47. The maximum absolute atomic E-state index is 12.3. The summed E-state index contributed by atoms with van der Waals surface area (Å²) in [6, 6.07) is 0. The van der Waals surface area contributed by atoms with Gasteiger partial charge in [0.15, 0.2) is 0 Å². The molecule has 2 fully saturated rings. The van der Waals surface area contributed by atoms with Crippen molar-refractivity contribution in [2.75, 3.05) is 20.2 Å². The second kappa shape index (κ2) is 6.37. The lowest BCUT2D eigenvalue weighted by molar-refractivity contribution is -0.145. The Hall–Kier alpha value is -1.10. The van der Waals surface area contributed by atoms with Gasteiger partial charge in [0.05, 0.1) is 12.0 Å². The Morgan fingerprint density at radius 2 is 1.79 bits per heavy atom. The number of ether oxygens (including phenoxy) is 1. The molecule has 108 valence electrons. The summed E-state index contributed by atoms with van der Waals surface area (Å²) in [4.78, 5) is 24.9. The summed E-state index contributed by atoms with van der Waals surface area (Å²) >= 11 is 0. The molecule has 2 aliphatic rings. The zero-order chi connectivity index (χ0) is 13.8. The van der Waals surface area contributed by atoms with Gasteiger partial charge in [-0.2, -0.15) is 0 Å². The molecule has 5 nitrogen and oxygen atoms in total. The van der Waals surface area contributed by atoms with Crippen molar-refractivity contribution in [1.29, 1.82) is 0 Å². The number of amides is 1. The Bertz CT molecular complexity index is 330. The molecule has 1 saturated carbocycles. The van der Waals surface area contributed by atoms with Gasteiger partial charge in [-0.1, -0.05) is 0 Å². The Kier molecular flexibility index (Phi) is 4.80. The van der Waals surface area contributed by atoms with Crippen molar-refractivity contribution in [3.05, 3.63) is 0 Å². The van der Waals surface area contributed by atoms with Crippen LogP contribution >= 0.6 is 0 Å². The molecule has 0 aromatic rings. The van der Waals surface area contributed by atoms with Crippen LogP contribution in [0.25, 0.3) is 0 Å². The van der Waals surface area contributed by atoms with E-state index in [-0.39, 0.29) is 23.8 Å². The van der Waals surface area contributed by atoms with Gasteiger partial charge in [0.2, 0.25) is 5.91 Å². The third kappa shape index (κ3) is 3.69. The Morgan fingerprint density at radius 1 is 1.16 bits per heavy atom. The van der Waals surface area contributed by atoms with Crippen LogP contribution in [-0.4, -0.2) is 48.2 Å². The van der Waals surface area contributed by atoms with E-state index in [1.807, 2.05) is 7.05 Å². The van der Waals surface area contributed by atoms with E-state index in [9.17, 15) is 9.59 Å². The van der Waals surface area contributed by atoms with Gasteiger partial charge in [-0.05, 0) is 38.5 Å². The van der Waals surface area contributed by atoms with Gasteiger partial charge in [0.1, 0.15) is 0 Å². The maximum atomic E-state index is 12.3. The highest BCUT2D eigenvalue weighted by Gasteiger charge is 2.32. The van der Waals surface area contributed by atoms with Gasteiger partial charge >= 0.3 is 5.97 Å². The number of hydrogen-bond donors (Lipinski definition) is 1. The molecule has 1 amide bonds. The van der Waals surface area contributed by atoms with Crippen LogP contribution in [0.15, 0.2) is 0 Å². The van der Waals surface area contributed by atoms with Crippen molar-refractivity contribution in [1.82, 2.24) is 4.90 Å². The molecule has 1 aliphatic carbocycles. The third-order valence-corrected chi connectivity index (χ3v) is 4.30. The van der Waals surface area contributed by atoms with E-state index in [2.05, 4.69) is 0 Å². The SMILES string of the molecule is CN(C[C@@H]1CCCO1)C(=O)C1CCC(C(=O)O)CC1. The van der Waals surface area contributed by atoms with E-state index in [4.69, 9.17) is 9.84 Å². The van der Waals surface area contributed by atoms with Crippen LogP contribution in [0, 0.1) is 11.8 Å². The highest BCUT2D eigenvalue weighted by Crippen LogP contribution is 2.30. The molecule has 0 spiro atoms. The lowest BCUT2D eigenvalue weighted by atomic mass is 9.81. The molecule has 1 N–H and O–H groups in total. The second-order valence-electron chi connectivity index (χ2n) is 5.74. The van der Waals surface area contributed by atoms with Gasteiger partial charge < -0.3 is 14.7 Å². The van der Waals surface area contributed by atoms with Crippen LogP contribution in [0.2, 0.25) is 0 Å². The lowest BCUT2D eigenvalue weighted by Gasteiger charge is -2.30. The molecule has 1 aliphatic heterocycles. The Morgan fingerprint density at radius 3 is 2.32 bits per heavy atom. The van der Waals surface area contributed by atoms with Gasteiger partial charge in [-0.3, -0.25) is 9.59 Å². The van der Waals surface area contributed by atoms with Crippen LogP contribution in [0.3, 0.4) is 0 Å². The van der Waals surface area contributed by atoms with Crippen LogP contribution in [-0.2, 0) is 14.3 Å². The average Bonchev–Trinajstić information content (AvgIpc) is 2.90. The molecule has 0 radical (unpaired) electrons. The monoisotopic (exact) mass is 269 g/mol. The molecule has 2 rings (SSSR count). The van der Waals surface area contributed by atoms with Crippen molar-refractivity contribution >= 4 is 11.9 Å². The topological polar surface area (TPSA) is 66.8 Å². The van der Waals surface area contributed by atoms with Crippen LogP contribution < -0.4 is 0 Å². The van der Waals surface area contributed by atoms with Crippen molar-refractivity contribution in [2.45, 2.75) is 44.6 Å². The summed E-state index contributed by atoms with van der Waals surface area (Å²) in [6.07, 6.45) is 4.94. The largest absolute Gasteiger partial charge is 0.481 e. The smallest absolute Gasteiger partial charge is 0.306 e. The number of hydrogen-bond acceptors (Lipinski definition) is 3. The number of carboxylic acids is 1. The van der Waals surface area contributed by atoms with Crippen molar-refractivity contribution < 1.29 is 19.4 Å². The van der Waals surface area contributed by atoms with Crippen LogP contribution in [0.1, 0.15) is 38.5 Å². The molecule has 0 bridgehead atoms. The molecule has 0 aromatic carbocycles. The molecule has 0 aromatic heterocycles. The first-order chi connectivity index (χ1) is 9.08. The summed E-state index contributed by atoms with van der Waals surface area (Å²) in [5.41, 5.74) is 0. The first kappa shape index (κ1) is 14.3. The summed E-state index contributed by atoms with van der Waals surface area (Å²) < 4.78 is 5.54. The predicted molar refractivity (Wildman–Crippen MR) is 69.7 cm³/mol. The van der Waals surface area contributed by atoms with E-state index in [1.54, 1.807) is 4.90 Å². The van der Waals surface area contributed by atoms with Crippen molar-refractivity contribution in [3.8, 4) is 0 Å². The summed E-state index contributed by atoms with van der Waals surface area (Å²) in [5.74, 6) is -0.826. The van der Waals surface area contributed by atoms with Crippen molar-refractivity contribution in [2.24, 2.45) is 11.8 Å². The van der Waals surface area contributed by atoms with E-state index in [0.29, 0.717) is 32.2 Å². The third-order valence-electron chi connectivity index (χ3n) is 4.30. The zero-order valence-electron chi connectivity index (χ0n) is 11.5. The lowest BCUT2D eigenvalue weighted by Crippen LogP contribution is -2.39. The minimum Gasteiger partial charge on any atom is -0.481 e. The molecular formula is C14H23NO4. The quantitative estimate of drug-likeness (QED) is 0.840. The minimum absolute atomic E-state index is 0.00185. The van der Waals surface area contributed by atoms with Gasteiger partial charge in [-0.25, -0.2) is 0 Å². The Balaban J connectivity index is 1.78. The molecule has 19 heavy (non-hydrogen) atoms. The van der Waals surface area contributed by atoms with E-state index in [0.717, 1.165) is 19.4 Å². The predicted octanol–water partition coefficient (Wildman–Crippen LogP) is 1.51. The number of nitrogens with zero attached hydrogens (tertiary/aromatic N) is 1. The number of likely N-dealkylation sites (N-methyl/N-ethyl adjacent to an activating group) is 1. The molecule has 1 saturated heterocycles. The molecule has 1 heterocycles. The molecule has 5 heteroatoms. The van der Waals surface area contributed by atoms with Gasteiger partial charge in [0.25, 0.3) is 0 Å². The van der Waals surface area contributed by atoms with E-state index >= 15 is 0 Å². The highest BCUT2D eigenvalue weighted by atomic mass is 16.5. The van der Waals surface area contributed by atoms with E-state index < -0.39 is 5.97 Å². The first-order valence-corrected chi connectivity index (χ1v) is 7.17. The second-order valence-corrected chi connectivity index (χ2v) is 5.74. The number of rotatable bonds is 4. The summed E-state index contributed by atoms with van der Waals surface area (Å²) in [5, 5.41) is 8.95. The fourth-order valence-electron chi connectivity index (χ4n) is 3.08. The standard InChI is InChI=1S/C14H23NO4/c1-15(9-12-3-2-8-19-12)13(16)10-4-6-11(7-5-10)14(17)18/h10-12H,2-9H2,1H3,(H,17,18)/t10?,11?,12-/m0/s1. The van der Waals surface area contributed by atoms with Gasteiger partial charge in [-0.15, -0.1) is 0 Å². The van der Waals surface area contributed by atoms with Crippen LogP contribution in [0.5, 0.6) is 0 Å². The molecule has 1 atom stereocenters. The summed E-state index contributed by atoms with van der Waals surface area (Å²) in [7, 11) is 1.83. The fourth-order valence-corrected chi connectivity index (χ4v) is 3.08. The number of carboxylic acid groups (broad SMARTS) is 1. The number of carbonyl (C=O) groups excluding carboxylic acids is 1. The maximum Gasteiger partial charge on any atom is 0.306 e. The number of aliphatic carboxylic acids is 1. The minimum atomic E-state index is -0.724. The zero-order valence-corrected chi connectivity index (χ0v) is 11.5. The normalized spacial score (nSPS) is 31.1. The van der Waals surface area contributed by atoms with E-state index in [1.165, 1.54) is 0 Å². The average molecular weight is 269 g/mol. The number of carbonyl (C=O) groups is 2. The first-order valence-electron chi connectivity index (χ1n) is 7.17. The fraction of sp³-hybridized carbons (Fsp3) is 0.857. The van der Waals surface area contributed by atoms with Gasteiger partial charge in [0, 0.05) is 26.1 Å². The van der Waals surface area contributed by atoms with Crippen LogP contribution in [0.4, 0.5) is 0 Å².